The van der Waals surface area contributed by atoms with E-state index in [1.54, 1.807) is 23.6 Å². The van der Waals surface area contributed by atoms with Gasteiger partial charge in [0.15, 0.2) is 0 Å². The molecular formula is C17H15N5O3. The van der Waals surface area contributed by atoms with Crippen molar-refractivity contribution in [1.29, 1.82) is 0 Å². The van der Waals surface area contributed by atoms with Gasteiger partial charge in [-0.2, -0.15) is 0 Å². The normalized spacial score (nSPS) is 13.4. The number of fused-ring (bicyclic) bond motifs is 1. The van der Waals surface area contributed by atoms with Crippen molar-refractivity contribution in [2.45, 2.75) is 13.0 Å². The Labute approximate surface area is 143 Å². The molecule has 0 radical (unpaired) electrons. The number of carbonyl (C=O) groups is 1. The topological polar surface area (TPSA) is 94.2 Å². The summed E-state index contributed by atoms with van der Waals surface area (Å²) in [7, 11) is 1.47. The van der Waals surface area contributed by atoms with Crippen molar-refractivity contribution in [3.63, 3.8) is 0 Å². The molecule has 0 spiro atoms. The van der Waals surface area contributed by atoms with Gasteiger partial charge in [0.2, 0.25) is 5.76 Å². The van der Waals surface area contributed by atoms with Gasteiger partial charge in [-0.3, -0.25) is 9.78 Å². The van der Waals surface area contributed by atoms with Gasteiger partial charge in [0.1, 0.15) is 6.33 Å². The number of ether oxygens (including phenoxy) is 1. The van der Waals surface area contributed by atoms with Crippen LogP contribution in [0.3, 0.4) is 0 Å². The molecule has 3 aromatic heterocycles. The summed E-state index contributed by atoms with van der Waals surface area (Å²) in [6.07, 6.45) is 5.66. The number of pyridine rings is 1. The highest BCUT2D eigenvalue weighted by Crippen LogP contribution is 2.28. The first-order valence-corrected chi connectivity index (χ1v) is 7.79. The maximum Gasteiger partial charge on any atom is 0.292 e. The molecule has 8 heteroatoms. The third kappa shape index (κ3) is 2.82. The number of nitrogens with zero attached hydrogens (tertiary/aromatic N) is 5. The van der Waals surface area contributed by atoms with Crippen LogP contribution in [-0.2, 0) is 13.0 Å². The summed E-state index contributed by atoms with van der Waals surface area (Å²) in [4.78, 5) is 27.2. The van der Waals surface area contributed by atoms with Crippen LogP contribution in [0.1, 0.15) is 21.8 Å². The highest BCUT2D eigenvalue weighted by atomic mass is 16.5. The summed E-state index contributed by atoms with van der Waals surface area (Å²) in [5, 5.41) is 3.68. The first-order valence-electron chi connectivity index (χ1n) is 7.79. The minimum Gasteiger partial charge on any atom is -0.479 e. The molecule has 0 aliphatic carbocycles. The van der Waals surface area contributed by atoms with Crippen molar-refractivity contribution >= 4 is 5.91 Å². The van der Waals surface area contributed by atoms with E-state index in [1.807, 2.05) is 12.1 Å². The molecule has 1 aliphatic heterocycles. The minimum atomic E-state index is -0.231. The van der Waals surface area contributed by atoms with Gasteiger partial charge < -0.3 is 14.2 Å². The monoisotopic (exact) mass is 337 g/mol. The zero-order valence-electron chi connectivity index (χ0n) is 13.5. The lowest BCUT2D eigenvalue weighted by Crippen LogP contribution is -2.36. The summed E-state index contributed by atoms with van der Waals surface area (Å²) < 4.78 is 10.0. The Hall–Kier alpha value is -3.29. The summed E-state index contributed by atoms with van der Waals surface area (Å²) in [6.45, 7) is 0.970. The van der Waals surface area contributed by atoms with Crippen LogP contribution in [0.2, 0.25) is 0 Å². The van der Waals surface area contributed by atoms with Crippen molar-refractivity contribution in [3.8, 4) is 17.1 Å². The predicted molar refractivity (Wildman–Crippen MR) is 86.8 cm³/mol. The smallest absolute Gasteiger partial charge is 0.292 e. The minimum absolute atomic E-state index is 0.155. The van der Waals surface area contributed by atoms with Gasteiger partial charge in [-0.25, -0.2) is 9.97 Å². The van der Waals surface area contributed by atoms with E-state index in [2.05, 4.69) is 20.1 Å². The lowest BCUT2D eigenvalue weighted by Gasteiger charge is -2.28. The van der Waals surface area contributed by atoms with Crippen LogP contribution in [-0.4, -0.2) is 44.6 Å². The third-order valence-electron chi connectivity index (χ3n) is 4.15. The molecule has 126 valence electrons. The van der Waals surface area contributed by atoms with E-state index in [-0.39, 0.29) is 17.5 Å². The molecule has 0 fully saturated rings. The lowest BCUT2D eigenvalue weighted by molar-refractivity contribution is 0.0691. The Kier molecular flexibility index (Phi) is 3.85. The van der Waals surface area contributed by atoms with Gasteiger partial charge in [-0.15, -0.1) is 0 Å². The van der Waals surface area contributed by atoms with Gasteiger partial charge in [0, 0.05) is 36.5 Å². The molecule has 8 nitrogen and oxygen atoms in total. The van der Waals surface area contributed by atoms with E-state index in [9.17, 15) is 4.79 Å². The van der Waals surface area contributed by atoms with Crippen molar-refractivity contribution in [3.05, 3.63) is 53.9 Å². The molecule has 0 bridgehead atoms. The van der Waals surface area contributed by atoms with E-state index in [0.717, 1.165) is 22.5 Å². The van der Waals surface area contributed by atoms with Crippen LogP contribution in [0.15, 0.2) is 41.4 Å². The molecule has 1 amide bonds. The van der Waals surface area contributed by atoms with Crippen LogP contribution in [0.4, 0.5) is 0 Å². The maximum atomic E-state index is 12.7. The fourth-order valence-electron chi connectivity index (χ4n) is 2.88. The first kappa shape index (κ1) is 15.3. The Balaban J connectivity index is 1.65. The van der Waals surface area contributed by atoms with E-state index >= 15 is 0 Å². The van der Waals surface area contributed by atoms with Crippen molar-refractivity contribution in [2.75, 3.05) is 13.7 Å². The standard InChI is InChI=1S/C17H15N5O3/c1-24-15-8-14(25-21-15)17(23)22-7-4-13-12(9-22)16(20-10-19-13)11-2-5-18-6-3-11/h2-3,5-6,8,10H,4,7,9H2,1H3. The zero-order valence-corrected chi connectivity index (χ0v) is 13.5. The van der Waals surface area contributed by atoms with E-state index in [4.69, 9.17) is 9.26 Å². The molecule has 0 unspecified atom stereocenters. The summed E-state index contributed by atoms with van der Waals surface area (Å²) in [6, 6.07) is 5.28. The Bertz CT molecular complexity index is 910. The number of hydrogen-bond donors (Lipinski definition) is 0. The number of rotatable bonds is 3. The second kappa shape index (κ2) is 6.31. The average molecular weight is 337 g/mol. The fourth-order valence-corrected chi connectivity index (χ4v) is 2.88. The number of hydrogen-bond acceptors (Lipinski definition) is 7. The lowest BCUT2D eigenvalue weighted by atomic mass is 10.00. The van der Waals surface area contributed by atoms with Crippen molar-refractivity contribution < 1.29 is 14.1 Å². The van der Waals surface area contributed by atoms with E-state index < -0.39 is 0 Å². The molecular weight excluding hydrogens is 322 g/mol. The number of carbonyl (C=O) groups excluding carboxylic acids is 1. The summed E-state index contributed by atoms with van der Waals surface area (Å²) in [5.41, 5.74) is 3.67. The number of amides is 1. The van der Waals surface area contributed by atoms with Crippen LogP contribution >= 0.6 is 0 Å². The molecule has 3 aromatic rings. The van der Waals surface area contributed by atoms with Crippen LogP contribution < -0.4 is 4.74 Å². The number of methoxy groups -OCH3 is 1. The fraction of sp³-hybridized carbons (Fsp3) is 0.235. The molecule has 1 aliphatic rings. The number of aromatic nitrogens is 4. The summed E-state index contributed by atoms with van der Waals surface area (Å²) >= 11 is 0. The Morgan fingerprint density at radius 2 is 2.12 bits per heavy atom. The van der Waals surface area contributed by atoms with Gasteiger partial charge in [0.25, 0.3) is 11.8 Å². The van der Waals surface area contributed by atoms with Crippen molar-refractivity contribution in [1.82, 2.24) is 25.0 Å². The molecule has 0 saturated carbocycles. The maximum absolute atomic E-state index is 12.7. The predicted octanol–water partition coefficient (Wildman–Crippen LogP) is 1.73. The quantitative estimate of drug-likeness (QED) is 0.718. The highest BCUT2D eigenvalue weighted by Gasteiger charge is 2.27. The molecule has 0 aromatic carbocycles. The summed E-state index contributed by atoms with van der Waals surface area (Å²) in [5.74, 6) is 0.204. The zero-order chi connectivity index (χ0) is 17.2. The molecule has 4 heterocycles. The van der Waals surface area contributed by atoms with Gasteiger partial charge in [0.05, 0.1) is 31.1 Å². The molecule has 0 atom stereocenters. The molecule has 4 rings (SSSR count). The molecule has 0 saturated heterocycles. The van der Waals surface area contributed by atoms with Crippen LogP contribution in [0, 0.1) is 0 Å². The van der Waals surface area contributed by atoms with E-state index in [0.29, 0.717) is 19.5 Å². The Morgan fingerprint density at radius 1 is 1.28 bits per heavy atom. The second-order valence-electron chi connectivity index (χ2n) is 5.59. The largest absolute Gasteiger partial charge is 0.479 e. The van der Waals surface area contributed by atoms with Crippen LogP contribution in [0.5, 0.6) is 5.88 Å². The second-order valence-corrected chi connectivity index (χ2v) is 5.59. The average Bonchev–Trinajstić information content (AvgIpc) is 3.16. The molecule has 0 N–H and O–H groups in total. The highest BCUT2D eigenvalue weighted by molar-refractivity contribution is 5.92. The van der Waals surface area contributed by atoms with Gasteiger partial charge >= 0.3 is 0 Å². The van der Waals surface area contributed by atoms with Gasteiger partial charge in [-0.05, 0) is 17.3 Å². The SMILES string of the molecule is COc1cc(C(=O)N2CCc3ncnc(-c4ccncc4)c3C2)on1. The van der Waals surface area contributed by atoms with Gasteiger partial charge in [-0.1, -0.05) is 0 Å². The van der Waals surface area contributed by atoms with Crippen LogP contribution in [0.25, 0.3) is 11.3 Å². The Morgan fingerprint density at radius 3 is 2.88 bits per heavy atom. The van der Waals surface area contributed by atoms with E-state index in [1.165, 1.54) is 13.2 Å². The first-order chi connectivity index (χ1) is 12.3. The third-order valence-corrected chi connectivity index (χ3v) is 4.15. The molecule has 25 heavy (non-hydrogen) atoms. The van der Waals surface area contributed by atoms with Crippen molar-refractivity contribution in [2.24, 2.45) is 0 Å².